The second-order valence-corrected chi connectivity index (χ2v) is 7.95. The molecule has 0 spiro atoms. The molecule has 4 rings (SSSR count). The van der Waals surface area contributed by atoms with Gasteiger partial charge in [-0.3, -0.25) is 9.59 Å². The molecular formula is C25H28N4O2. The SMILES string of the molecule is Cc1nn(-c2ccccc2)c(C)c1CC(=O)NCCCC(=O)N1CCc2ccccc21. The Balaban J connectivity index is 1.27. The molecule has 0 radical (unpaired) electrons. The van der Waals surface area contributed by atoms with E-state index in [4.69, 9.17) is 0 Å². The number of carbonyl (C=O) groups is 2. The Bertz CT molecular complexity index is 1090. The van der Waals surface area contributed by atoms with Gasteiger partial charge in [0.15, 0.2) is 0 Å². The van der Waals surface area contributed by atoms with E-state index in [1.165, 1.54) is 5.56 Å². The minimum atomic E-state index is -0.0437. The molecule has 1 aliphatic heterocycles. The molecule has 2 heterocycles. The summed E-state index contributed by atoms with van der Waals surface area (Å²) < 4.78 is 1.88. The van der Waals surface area contributed by atoms with E-state index in [-0.39, 0.29) is 18.2 Å². The maximum absolute atomic E-state index is 12.6. The fourth-order valence-electron chi connectivity index (χ4n) is 4.17. The number of para-hydroxylation sites is 2. The van der Waals surface area contributed by atoms with Crippen LogP contribution < -0.4 is 10.2 Å². The van der Waals surface area contributed by atoms with Crippen LogP contribution in [-0.4, -0.2) is 34.7 Å². The van der Waals surface area contributed by atoms with Crippen LogP contribution in [0, 0.1) is 13.8 Å². The molecule has 160 valence electrons. The second kappa shape index (κ2) is 9.16. The van der Waals surface area contributed by atoms with Gasteiger partial charge in [-0.25, -0.2) is 4.68 Å². The summed E-state index contributed by atoms with van der Waals surface area (Å²) in [5.41, 5.74) is 6.02. The number of carbonyl (C=O) groups excluding carboxylic acids is 2. The first-order chi connectivity index (χ1) is 15.0. The standard InChI is InChI=1S/C25H28N4O2/c1-18-22(19(2)29(27-18)21-10-4-3-5-11-21)17-24(30)26-15-8-13-25(31)28-16-14-20-9-6-7-12-23(20)28/h3-7,9-12H,8,13-17H2,1-2H3,(H,26,30). The predicted molar refractivity (Wildman–Crippen MR) is 121 cm³/mol. The number of amides is 2. The maximum atomic E-state index is 12.6. The van der Waals surface area contributed by atoms with E-state index in [1.807, 2.05) is 72.0 Å². The highest BCUT2D eigenvalue weighted by atomic mass is 16.2. The molecule has 0 saturated heterocycles. The van der Waals surface area contributed by atoms with Crippen LogP contribution in [0.3, 0.4) is 0 Å². The number of hydrogen-bond acceptors (Lipinski definition) is 3. The fourth-order valence-corrected chi connectivity index (χ4v) is 4.17. The van der Waals surface area contributed by atoms with Gasteiger partial charge in [-0.1, -0.05) is 36.4 Å². The van der Waals surface area contributed by atoms with Gasteiger partial charge < -0.3 is 10.2 Å². The Hall–Kier alpha value is -3.41. The summed E-state index contributed by atoms with van der Waals surface area (Å²) in [7, 11) is 0. The van der Waals surface area contributed by atoms with Crippen molar-refractivity contribution in [1.82, 2.24) is 15.1 Å². The Morgan fingerprint density at radius 2 is 1.77 bits per heavy atom. The topological polar surface area (TPSA) is 67.2 Å². The van der Waals surface area contributed by atoms with Crippen molar-refractivity contribution >= 4 is 17.5 Å². The third-order valence-electron chi connectivity index (χ3n) is 5.86. The number of rotatable bonds is 7. The van der Waals surface area contributed by atoms with Gasteiger partial charge in [0.1, 0.15) is 0 Å². The van der Waals surface area contributed by atoms with Crippen LogP contribution in [0.15, 0.2) is 54.6 Å². The van der Waals surface area contributed by atoms with Crippen molar-refractivity contribution in [3.8, 4) is 5.69 Å². The van der Waals surface area contributed by atoms with Crippen molar-refractivity contribution in [2.45, 2.75) is 39.5 Å². The number of nitrogens with one attached hydrogen (secondary N) is 1. The maximum Gasteiger partial charge on any atom is 0.227 e. The average molecular weight is 417 g/mol. The molecule has 1 aromatic heterocycles. The summed E-state index contributed by atoms with van der Waals surface area (Å²) in [6, 6.07) is 18.0. The lowest BCUT2D eigenvalue weighted by Crippen LogP contribution is -2.31. The average Bonchev–Trinajstić information content (AvgIpc) is 3.34. The van der Waals surface area contributed by atoms with Gasteiger partial charge in [-0.15, -0.1) is 0 Å². The van der Waals surface area contributed by atoms with Gasteiger partial charge >= 0.3 is 0 Å². The lowest BCUT2D eigenvalue weighted by atomic mass is 10.1. The van der Waals surface area contributed by atoms with Crippen molar-refractivity contribution < 1.29 is 9.59 Å². The van der Waals surface area contributed by atoms with Gasteiger partial charge in [0.05, 0.1) is 17.8 Å². The van der Waals surface area contributed by atoms with Crippen LogP contribution in [-0.2, 0) is 22.4 Å². The van der Waals surface area contributed by atoms with E-state index < -0.39 is 0 Å². The van der Waals surface area contributed by atoms with Gasteiger partial charge in [-0.2, -0.15) is 5.10 Å². The first-order valence-electron chi connectivity index (χ1n) is 10.8. The highest BCUT2D eigenvalue weighted by Gasteiger charge is 2.23. The third kappa shape index (κ3) is 4.53. The number of fused-ring (bicyclic) bond motifs is 1. The molecule has 0 atom stereocenters. The Kier molecular flexibility index (Phi) is 6.16. The Morgan fingerprint density at radius 1 is 1.03 bits per heavy atom. The normalized spacial score (nSPS) is 12.6. The van der Waals surface area contributed by atoms with Crippen LogP contribution in [0.25, 0.3) is 5.69 Å². The molecule has 6 nitrogen and oxygen atoms in total. The van der Waals surface area contributed by atoms with Crippen LogP contribution in [0.2, 0.25) is 0 Å². The first kappa shape index (κ1) is 20.8. The number of aromatic nitrogens is 2. The molecular weight excluding hydrogens is 388 g/mol. The molecule has 0 fully saturated rings. The molecule has 0 saturated carbocycles. The van der Waals surface area contributed by atoms with Crippen LogP contribution in [0.4, 0.5) is 5.69 Å². The number of nitrogens with zero attached hydrogens (tertiary/aromatic N) is 3. The van der Waals surface area contributed by atoms with Crippen molar-refractivity contribution in [2.75, 3.05) is 18.0 Å². The molecule has 1 aliphatic rings. The molecule has 2 amide bonds. The number of aryl methyl sites for hydroxylation is 1. The van der Waals surface area contributed by atoms with Gasteiger partial charge in [0.2, 0.25) is 11.8 Å². The minimum Gasteiger partial charge on any atom is -0.356 e. The summed E-state index contributed by atoms with van der Waals surface area (Å²) in [5.74, 6) is 0.0767. The number of hydrogen-bond donors (Lipinski definition) is 1. The number of benzene rings is 2. The molecule has 0 unspecified atom stereocenters. The molecule has 31 heavy (non-hydrogen) atoms. The minimum absolute atomic E-state index is 0.0437. The third-order valence-corrected chi connectivity index (χ3v) is 5.86. The van der Waals surface area contributed by atoms with Crippen molar-refractivity contribution in [3.63, 3.8) is 0 Å². The summed E-state index contributed by atoms with van der Waals surface area (Å²) in [6.45, 7) is 5.16. The summed E-state index contributed by atoms with van der Waals surface area (Å²) in [5, 5.41) is 7.56. The zero-order chi connectivity index (χ0) is 21.8. The fraction of sp³-hybridized carbons (Fsp3) is 0.320. The zero-order valence-electron chi connectivity index (χ0n) is 18.1. The predicted octanol–water partition coefficient (Wildman–Crippen LogP) is 3.52. The highest BCUT2D eigenvalue weighted by molar-refractivity contribution is 5.95. The van der Waals surface area contributed by atoms with E-state index in [9.17, 15) is 9.59 Å². The monoisotopic (exact) mass is 416 g/mol. The molecule has 3 aromatic rings. The van der Waals surface area contributed by atoms with Crippen LogP contribution in [0.1, 0.15) is 35.4 Å². The summed E-state index contributed by atoms with van der Waals surface area (Å²) >= 11 is 0. The van der Waals surface area contributed by atoms with E-state index in [0.717, 1.165) is 41.3 Å². The summed E-state index contributed by atoms with van der Waals surface area (Å²) in [6.07, 6.45) is 2.26. The van der Waals surface area contributed by atoms with E-state index >= 15 is 0 Å². The first-order valence-corrected chi connectivity index (χ1v) is 10.8. The molecule has 0 bridgehead atoms. The zero-order valence-corrected chi connectivity index (χ0v) is 18.1. The molecule has 0 aliphatic carbocycles. The van der Waals surface area contributed by atoms with Gasteiger partial charge in [-0.05, 0) is 50.5 Å². The lowest BCUT2D eigenvalue weighted by Gasteiger charge is -2.17. The molecule has 2 aromatic carbocycles. The van der Waals surface area contributed by atoms with Crippen molar-refractivity contribution in [2.24, 2.45) is 0 Å². The largest absolute Gasteiger partial charge is 0.356 e. The highest BCUT2D eigenvalue weighted by Crippen LogP contribution is 2.28. The smallest absolute Gasteiger partial charge is 0.227 e. The van der Waals surface area contributed by atoms with Gasteiger partial charge in [0, 0.05) is 36.5 Å². The van der Waals surface area contributed by atoms with Crippen LogP contribution >= 0.6 is 0 Å². The van der Waals surface area contributed by atoms with Crippen molar-refractivity contribution in [3.05, 3.63) is 77.1 Å². The van der Waals surface area contributed by atoms with Gasteiger partial charge in [0.25, 0.3) is 0 Å². The Labute approximate surface area is 182 Å². The summed E-state index contributed by atoms with van der Waals surface area (Å²) in [4.78, 5) is 26.9. The Morgan fingerprint density at radius 3 is 2.58 bits per heavy atom. The van der Waals surface area contributed by atoms with E-state index in [0.29, 0.717) is 19.4 Å². The lowest BCUT2D eigenvalue weighted by molar-refractivity contribution is -0.121. The van der Waals surface area contributed by atoms with E-state index in [2.05, 4.69) is 16.5 Å². The van der Waals surface area contributed by atoms with Crippen molar-refractivity contribution in [1.29, 1.82) is 0 Å². The number of anilines is 1. The van der Waals surface area contributed by atoms with Crippen LogP contribution in [0.5, 0.6) is 0 Å². The van der Waals surface area contributed by atoms with E-state index in [1.54, 1.807) is 0 Å². The molecule has 6 heteroatoms. The molecule has 1 N–H and O–H groups in total. The quantitative estimate of drug-likeness (QED) is 0.600. The second-order valence-electron chi connectivity index (χ2n) is 7.95.